The van der Waals surface area contributed by atoms with Crippen molar-refractivity contribution >= 4 is 11.6 Å². The Kier molecular flexibility index (Phi) is 5.40. The SMILES string of the molecule is Cc1cccn2c(CN[C@H]3CCOC(C)(C)C3)c(C(=O)N3CCOCC3)nc12. The average Bonchev–Trinajstić information content (AvgIpc) is 3.06. The van der Waals surface area contributed by atoms with Crippen LogP contribution in [-0.4, -0.2) is 64.7 Å². The summed E-state index contributed by atoms with van der Waals surface area (Å²) in [5.41, 5.74) is 3.29. The van der Waals surface area contributed by atoms with E-state index in [-0.39, 0.29) is 11.5 Å². The van der Waals surface area contributed by atoms with Gasteiger partial charge >= 0.3 is 0 Å². The van der Waals surface area contributed by atoms with Crippen LogP contribution < -0.4 is 5.32 Å². The summed E-state index contributed by atoms with van der Waals surface area (Å²) in [4.78, 5) is 19.8. The first-order valence-electron chi connectivity index (χ1n) is 10.2. The molecule has 0 unspecified atom stereocenters. The van der Waals surface area contributed by atoms with Crippen molar-refractivity contribution in [2.24, 2.45) is 0 Å². The molecule has 0 spiro atoms. The second-order valence-electron chi connectivity index (χ2n) is 8.38. The molecule has 152 valence electrons. The van der Waals surface area contributed by atoms with E-state index >= 15 is 0 Å². The number of carbonyl (C=O) groups excluding carboxylic acids is 1. The smallest absolute Gasteiger partial charge is 0.274 e. The number of nitrogens with one attached hydrogen (secondary N) is 1. The molecule has 1 atom stereocenters. The number of imidazole rings is 1. The zero-order chi connectivity index (χ0) is 19.7. The van der Waals surface area contributed by atoms with Gasteiger partial charge in [-0.3, -0.25) is 4.79 Å². The van der Waals surface area contributed by atoms with Crippen LogP contribution in [0.1, 0.15) is 48.4 Å². The highest BCUT2D eigenvalue weighted by molar-refractivity contribution is 5.94. The first-order chi connectivity index (χ1) is 13.4. The van der Waals surface area contributed by atoms with E-state index in [0.29, 0.717) is 44.6 Å². The van der Waals surface area contributed by atoms with Crippen LogP contribution >= 0.6 is 0 Å². The molecule has 7 nitrogen and oxygen atoms in total. The van der Waals surface area contributed by atoms with Crippen LogP contribution in [0, 0.1) is 6.92 Å². The maximum Gasteiger partial charge on any atom is 0.274 e. The predicted octanol–water partition coefficient (Wildman–Crippen LogP) is 2.16. The van der Waals surface area contributed by atoms with E-state index < -0.39 is 0 Å². The molecule has 2 aromatic rings. The Morgan fingerprint density at radius 1 is 1.32 bits per heavy atom. The lowest BCUT2D eigenvalue weighted by molar-refractivity contribution is -0.0631. The van der Waals surface area contributed by atoms with Gasteiger partial charge < -0.3 is 24.1 Å². The summed E-state index contributed by atoms with van der Waals surface area (Å²) in [6.07, 6.45) is 3.93. The van der Waals surface area contributed by atoms with Crippen molar-refractivity contribution in [1.82, 2.24) is 19.6 Å². The van der Waals surface area contributed by atoms with Crippen molar-refractivity contribution in [3.63, 3.8) is 0 Å². The molecule has 28 heavy (non-hydrogen) atoms. The van der Waals surface area contributed by atoms with Gasteiger partial charge in [0.1, 0.15) is 5.65 Å². The molecule has 7 heteroatoms. The molecule has 2 aliphatic heterocycles. The molecule has 0 aliphatic carbocycles. The van der Waals surface area contributed by atoms with Crippen LogP contribution in [0.4, 0.5) is 0 Å². The molecule has 1 amide bonds. The van der Waals surface area contributed by atoms with E-state index in [2.05, 4.69) is 23.6 Å². The van der Waals surface area contributed by atoms with E-state index in [4.69, 9.17) is 14.5 Å². The number of amides is 1. The van der Waals surface area contributed by atoms with Crippen molar-refractivity contribution in [2.75, 3.05) is 32.9 Å². The maximum absolute atomic E-state index is 13.2. The average molecular weight is 386 g/mol. The zero-order valence-electron chi connectivity index (χ0n) is 17.0. The van der Waals surface area contributed by atoms with Gasteiger partial charge in [0, 0.05) is 38.5 Å². The van der Waals surface area contributed by atoms with Crippen molar-refractivity contribution in [2.45, 2.75) is 51.8 Å². The van der Waals surface area contributed by atoms with E-state index in [1.54, 1.807) is 0 Å². The normalized spacial score (nSPS) is 22.5. The molecule has 2 aliphatic rings. The number of carbonyl (C=O) groups is 1. The van der Waals surface area contributed by atoms with Gasteiger partial charge in [0.15, 0.2) is 5.69 Å². The standard InChI is InChI=1S/C21H30N4O3/c1-15-5-4-7-25-17(14-22-16-6-10-28-21(2,3)13-16)18(23-19(15)25)20(26)24-8-11-27-12-9-24/h4-5,7,16,22H,6,8-14H2,1-3H3/t16-/m0/s1. The fourth-order valence-corrected chi connectivity index (χ4v) is 4.16. The van der Waals surface area contributed by atoms with Gasteiger partial charge in [-0.25, -0.2) is 4.98 Å². The molecule has 0 aromatic carbocycles. The number of ether oxygens (including phenoxy) is 2. The highest BCUT2D eigenvalue weighted by atomic mass is 16.5. The van der Waals surface area contributed by atoms with Gasteiger partial charge in [0.2, 0.25) is 0 Å². The minimum absolute atomic E-state index is 0.00416. The van der Waals surface area contributed by atoms with Gasteiger partial charge in [0.25, 0.3) is 5.91 Å². The Labute approximate surface area is 166 Å². The van der Waals surface area contributed by atoms with E-state index in [1.807, 2.05) is 30.2 Å². The molecule has 2 saturated heterocycles. The molecular weight excluding hydrogens is 356 g/mol. The fraction of sp³-hybridized carbons (Fsp3) is 0.619. The number of hydrogen-bond donors (Lipinski definition) is 1. The highest BCUT2D eigenvalue weighted by Gasteiger charge is 2.30. The molecule has 1 N–H and O–H groups in total. The van der Waals surface area contributed by atoms with Gasteiger partial charge in [-0.05, 0) is 45.2 Å². The molecule has 2 fully saturated rings. The van der Waals surface area contributed by atoms with Crippen LogP contribution in [-0.2, 0) is 16.0 Å². The molecular formula is C21H30N4O3. The van der Waals surface area contributed by atoms with E-state index in [1.165, 1.54) is 0 Å². The van der Waals surface area contributed by atoms with Gasteiger partial charge in [-0.15, -0.1) is 0 Å². The third-order valence-corrected chi connectivity index (χ3v) is 5.70. The summed E-state index contributed by atoms with van der Waals surface area (Å²) in [6, 6.07) is 4.41. The number of fused-ring (bicyclic) bond motifs is 1. The van der Waals surface area contributed by atoms with Gasteiger partial charge in [-0.2, -0.15) is 0 Å². The van der Waals surface area contributed by atoms with E-state index in [0.717, 1.165) is 36.4 Å². The number of morpholine rings is 1. The highest BCUT2D eigenvalue weighted by Crippen LogP contribution is 2.25. The van der Waals surface area contributed by atoms with Crippen molar-refractivity contribution < 1.29 is 14.3 Å². The van der Waals surface area contributed by atoms with Gasteiger partial charge in [0.05, 0.1) is 24.5 Å². The summed E-state index contributed by atoms with van der Waals surface area (Å²) in [5, 5.41) is 3.65. The molecule has 0 saturated carbocycles. The number of aryl methyl sites for hydroxylation is 1. The molecule has 4 rings (SSSR count). The Morgan fingerprint density at radius 2 is 2.11 bits per heavy atom. The minimum atomic E-state index is -0.113. The Bertz CT molecular complexity index is 855. The number of pyridine rings is 1. The zero-order valence-corrected chi connectivity index (χ0v) is 17.0. The summed E-state index contributed by atoms with van der Waals surface area (Å²) < 4.78 is 13.3. The van der Waals surface area contributed by atoms with E-state index in [9.17, 15) is 4.79 Å². The van der Waals surface area contributed by atoms with Crippen LogP contribution in [0.2, 0.25) is 0 Å². The largest absolute Gasteiger partial charge is 0.378 e. The molecule has 0 bridgehead atoms. The third-order valence-electron chi connectivity index (χ3n) is 5.70. The summed E-state index contributed by atoms with van der Waals surface area (Å²) in [5.74, 6) is -0.00416. The summed E-state index contributed by atoms with van der Waals surface area (Å²) in [7, 11) is 0. The van der Waals surface area contributed by atoms with Crippen LogP contribution in [0.25, 0.3) is 5.65 Å². The van der Waals surface area contributed by atoms with Crippen LogP contribution in [0.5, 0.6) is 0 Å². The Balaban J connectivity index is 1.61. The fourth-order valence-electron chi connectivity index (χ4n) is 4.16. The van der Waals surface area contributed by atoms with Crippen LogP contribution in [0.3, 0.4) is 0 Å². The number of nitrogens with zero attached hydrogens (tertiary/aromatic N) is 3. The summed E-state index contributed by atoms with van der Waals surface area (Å²) >= 11 is 0. The van der Waals surface area contributed by atoms with Crippen molar-refractivity contribution in [3.05, 3.63) is 35.3 Å². The molecule has 2 aromatic heterocycles. The lowest BCUT2D eigenvalue weighted by Gasteiger charge is -2.36. The lowest BCUT2D eigenvalue weighted by atomic mass is 9.94. The number of aromatic nitrogens is 2. The Hall–Kier alpha value is -1.96. The first kappa shape index (κ1) is 19.4. The number of hydrogen-bond acceptors (Lipinski definition) is 5. The van der Waals surface area contributed by atoms with Gasteiger partial charge in [-0.1, -0.05) is 6.07 Å². The van der Waals surface area contributed by atoms with Crippen LogP contribution in [0.15, 0.2) is 18.3 Å². The Morgan fingerprint density at radius 3 is 2.86 bits per heavy atom. The molecule has 0 radical (unpaired) electrons. The third kappa shape index (κ3) is 3.92. The predicted molar refractivity (Wildman–Crippen MR) is 107 cm³/mol. The van der Waals surface area contributed by atoms with Crippen molar-refractivity contribution in [1.29, 1.82) is 0 Å². The maximum atomic E-state index is 13.2. The molecule has 4 heterocycles. The first-order valence-corrected chi connectivity index (χ1v) is 10.2. The monoisotopic (exact) mass is 386 g/mol. The summed E-state index contributed by atoms with van der Waals surface area (Å²) in [6.45, 7) is 10.1. The second-order valence-corrected chi connectivity index (χ2v) is 8.38. The lowest BCUT2D eigenvalue weighted by Crippen LogP contribution is -2.44. The topological polar surface area (TPSA) is 68.1 Å². The second kappa shape index (κ2) is 7.81. The van der Waals surface area contributed by atoms with Crippen molar-refractivity contribution in [3.8, 4) is 0 Å². The number of rotatable bonds is 4. The quantitative estimate of drug-likeness (QED) is 0.872. The minimum Gasteiger partial charge on any atom is -0.378 e.